The molecule has 4 heterocycles. The molecule has 0 aromatic carbocycles. The first-order valence-corrected chi connectivity index (χ1v) is 8.45. The van der Waals surface area contributed by atoms with E-state index in [4.69, 9.17) is 9.84 Å². The average molecular weight is 339 g/mol. The van der Waals surface area contributed by atoms with Crippen LogP contribution in [0.5, 0.6) is 5.88 Å². The zero-order valence-corrected chi connectivity index (χ0v) is 14.4. The van der Waals surface area contributed by atoms with Crippen molar-refractivity contribution in [2.45, 2.75) is 32.4 Å². The predicted octanol–water partition coefficient (Wildman–Crippen LogP) is 3.19. The van der Waals surface area contributed by atoms with Gasteiger partial charge in [-0.2, -0.15) is 10.2 Å². The number of aryl methyl sites for hydroxylation is 2. The first-order valence-electron chi connectivity index (χ1n) is 8.45. The lowest BCUT2D eigenvalue weighted by atomic mass is 10.1. The molecule has 0 aliphatic carbocycles. The van der Waals surface area contributed by atoms with Crippen LogP contribution in [0.2, 0.25) is 0 Å². The summed E-state index contributed by atoms with van der Waals surface area (Å²) in [5, 5.41) is 19.9. The lowest BCUT2D eigenvalue weighted by Gasteiger charge is -2.23. The van der Waals surface area contributed by atoms with Crippen LogP contribution in [-0.4, -0.2) is 36.3 Å². The number of nitrogens with zero attached hydrogens (tertiary/aromatic N) is 5. The molecule has 3 aromatic rings. The standard InChI is InChI=1S/C18H21N5O2/c1-4-14-12-9-15(13-10-19-22(3)18(13)24)20-11(2)17(12)23(21-14)16-7-5-6-8-25-16/h4,9-10,16,24H,1,5-8H2,2-3H3. The monoisotopic (exact) mass is 339 g/mol. The van der Waals surface area contributed by atoms with Gasteiger partial charge in [0, 0.05) is 19.0 Å². The lowest BCUT2D eigenvalue weighted by molar-refractivity contribution is -0.0368. The molecule has 25 heavy (non-hydrogen) atoms. The van der Waals surface area contributed by atoms with Crippen molar-refractivity contribution in [3.63, 3.8) is 0 Å². The molecule has 130 valence electrons. The van der Waals surface area contributed by atoms with Crippen molar-refractivity contribution < 1.29 is 9.84 Å². The fourth-order valence-electron chi connectivity index (χ4n) is 3.40. The van der Waals surface area contributed by atoms with Gasteiger partial charge in [0.15, 0.2) is 6.23 Å². The number of aromatic hydroxyl groups is 1. The fourth-order valence-corrected chi connectivity index (χ4v) is 3.40. The molecule has 1 fully saturated rings. The molecular weight excluding hydrogens is 318 g/mol. The highest BCUT2D eigenvalue weighted by Gasteiger charge is 2.23. The molecule has 1 N–H and O–H groups in total. The summed E-state index contributed by atoms with van der Waals surface area (Å²) in [6, 6.07) is 1.93. The number of rotatable bonds is 3. The molecule has 1 atom stereocenters. The van der Waals surface area contributed by atoms with E-state index in [-0.39, 0.29) is 12.1 Å². The van der Waals surface area contributed by atoms with Crippen molar-refractivity contribution in [2.24, 2.45) is 7.05 Å². The molecule has 4 rings (SSSR count). The molecule has 1 aliphatic heterocycles. The van der Waals surface area contributed by atoms with Crippen molar-refractivity contribution in [1.29, 1.82) is 0 Å². The molecule has 1 saturated heterocycles. The Hall–Kier alpha value is -2.67. The minimum absolute atomic E-state index is 0.0666. The summed E-state index contributed by atoms with van der Waals surface area (Å²) in [5.41, 5.74) is 3.85. The quantitative estimate of drug-likeness (QED) is 0.793. The van der Waals surface area contributed by atoms with Gasteiger partial charge in [0.25, 0.3) is 0 Å². The first-order chi connectivity index (χ1) is 12.1. The van der Waals surface area contributed by atoms with E-state index in [9.17, 15) is 5.11 Å². The normalized spacial score (nSPS) is 17.9. The maximum Gasteiger partial charge on any atom is 0.218 e. The van der Waals surface area contributed by atoms with Gasteiger partial charge in [0.1, 0.15) is 0 Å². The van der Waals surface area contributed by atoms with Crippen molar-refractivity contribution in [2.75, 3.05) is 6.61 Å². The lowest BCUT2D eigenvalue weighted by Crippen LogP contribution is -2.19. The minimum Gasteiger partial charge on any atom is -0.493 e. The van der Waals surface area contributed by atoms with Gasteiger partial charge in [-0.1, -0.05) is 6.58 Å². The molecule has 0 radical (unpaired) electrons. The average Bonchev–Trinajstić information content (AvgIpc) is 3.17. The van der Waals surface area contributed by atoms with Crippen molar-refractivity contribution in [3.05, 3.63) is 30.2 Å². The summed E-state index contributed by atoms with van der Waals surface area (Å²) >= 11 is 0. The van der Waals surface area contributed by atoms with Gasteiger partial charge in [-0.15, -0.1) is 0 Å². The van der Waals surface area contributed by atoms with Crippen LogP contribution in [0.1, 0.15) is 36.9 Å². The number of ether oxygens (including phenoxy) is 1. The van der Waals surface area contributed by atoms with Crippen LogP contribution in [0.4, 0.5) is 0 Å². The highest BCUT2D eigenvalue weighted by Crippen LogP contribution is 2.34. The van der Waals surface area contributed by atoms with E-state index >= 15 is 0 Å². The van der Waals surface area contributed by atoms with Crippen LogP contribution < -0.4 is 0 Å². The molecule has 7 heteroatoms. The Kier molecular flexibility index (Phi) is 3.80. The smallest absolute Gasteiger partial charge is 0.218 e. The van der Waals surface area contributed by atoms with Gasteiger partial charge in [0.2, 0.25) is 5.88 Å². The van der Waals surface area contributed by atoms with E-state index in [1.807, 2.05) is 17.7 Å². The second kappa shape index (κ2) is 6.00. The van der Waals surface area contributed by atoms with Gasteiger partial charge in [0.05, 0.1) is 34.4 Å². The van der Waals surface area contributed by atoms with Crippen molar-refractivity contribution >= 4 is 17.0 Å². The molecule has 0 saturated carbocycles. The topological polar surface area (TPSA) is 78.0 Å². The largest absolute Gasteiger partial charge is 0.493 e. The van der Waals surface area contributed by atoms with Gasteiger partial charge >= 0.3 is 0 Å². The Morgan fingerprint density at radius 3 is 2.88 bits per heavy atom. The van der Waals surface area contributed by atoms with Crippen LogP contribution in [0, 0.1) is 6.92 Å². The Morgan fingerprint density at radius 2 is 2.24 bits per heavy atom. The number of fused-ring (bicyclic) bond motifs is 1. The van der Waals surface area contributed by atoms with Gasteiger partial charge < -0.3 is 9.84 Å². The molecule has 0 bridgehead atoms. The summed E-state index contributed by atoms with van der Waals surface area (Å²) < 4.78 is 9.26. The summed E-state index contributed by atoms with van der Waals surface area (Å²) in [4.78, 5) is 4.68. The molecule has 3 aromatic heterocycles. The fraction of sp³-hybridized carbons (Fsp3) is 0.389. The third kappa shape index (κ3) is 2.51. The van der Waals surface area contributed by atoms with Crippen LogP contribution in [0.15, 0.2) is 18.8 Å². The Morgan fingerprint density at radius 1 is 1.40 bits per heavy atom. The zero-order valence-electron chi connectivity index (χ0n) is 14.4. The predicted molar refractivity (Wildman–Crippen MR) is 95.1 cm³/mol. The molecule has 7 nitrogen and oxygen atoms in total. The highest BCUT2D eigenvalue weighted by molar-refractivity contribution is 5.91. The first kappa shape index (κ1) is 15.8. The summed E-state index contributed by atoms with van der Waals surface area (Å²) in [6.07, 6.45) is 6.45. The molecular formula is C18H21N5O2. The van der Waals surface area contributed by atoms with Gasteiger partial charge in [-0.05, 0) is 38.3 Å². The van der Waals surface area contributed by atoms with E-state index in [0.717, 1.165) is 48.2 Å². The Labute approximate surface area is 145 Å². The van der Waals surface area contributed by atoms with Crippen molar-refractivity contribution in [3.8, 4) is 17.1 Å². The maximum atomic E-state index is 10.2. The zero-order chi connectivity index (χ0) is 17.6. The van der Waals surface area contributed by atoms with E-state index in [2.05, 4.69) is 16.7 Å². The van der Waals surface area contributed by atoms with Gasteiger partial charge in [-0.25, -0.2) is 9.36 Å². The number of hydrogen-bond acceptors (Lipinski definition) is 5. The number of aromatic nitrogens is 5. The summed E-state index contributed by atoms with van der Waals surface area (Å²) in [6.45, 7) is 6.60. The Balaban J connectivity index is 1.91. The minimum atomic E-state index is -0.0666. The van der Waals surface area contributed by atoms with E-state index in [1.165, 1.54) is 4.68 Å². The second-order valence-electron chi connectivity index (χ2n) is 6.35. The Bertz CT molecular complexity index is 950. The highest BCUT2D eigenvalue weighted by atomic mass is 16.5. The maximum absolute atomic E-state index is 10.2. The van der Waals surface area contributed by atoms with E-state index in [1.54, 1.807) is 19.3 Å². The third-order valence-electron chi connectivity index (χ3n) is 4.69. The van der Waals surface area contributed by atoms with Crippen LogP contribution in [0.25, 0.3) is 28.2 Å². The van der Waals surface area contributed by atoms with Crippen molar-refractivity contribution in [1.82, 2.24) is 24.5 Å². The summed E-state index contributed by atoms with van der Waals surface area (Å²) in [7, 11) is 1.69. The third-order valence-corrected chi connectivity index (χ3v) is 4.69. The molecule has 0 amide bonds. The second-order valence-corrected chi connectivity index (χ2v) is 6.35. The summed E-state index contributed by atoms with van der Waals surface area (Å²) in [5.74, 6) is 0.0920. The van der Waals surface area contributed by atoms with Crippen LogP contribution >= 0.6 is 0 Å². The molecule has 1 aliphatic rings. The molecule has 1 unspecified atom stereocenters. The SMILES string of the molecule is C=Cc1nn(C2CCCCO2)c2c(C)nc(-c3cnn(C)c3O)cc12. The molecule has 0 spiro atoms. The number of pyridine rings is 1. The van der Waals surface area contributed by atoms with E-state index in [0.29, 0.717) is 11.3 Å². The van der Waals surface area contributed by atoms with Crippen LogP contribution in [-0.2, 0) is 11.8 Å². The van der Waals surface area contributed by atoms with Gasteiger partial charge in [-0.3, -0.25) is 4.98 Å². The number of hydrogen-bond donors (Lipinski definition) is 1. The van der Waals surface area contributed by atoms with E-state index < -0.39 is 0 Å². The van der Waals surface area contributed by atoms with Crippen LogP contribution in [0.3, 0.4) is 0 Å².